The number of benzene rings is 1. The molecule has 2 N–H and O–H groups in total. The molecule has 0 radical (unpaired) electrons. The van der Waals surface area contributed by atoms with Gasteiger partial charge in [-0.25, -0.2) is 0 Å². The molecule has 1 aromatic rings. The van der Waals surface area contributed by atoms with Crippen LogP contribution in [0, 0.1) is 0 Å². The maximum Gasteiger partial charge on any atom is 0.475 e. The Morgan fingerprint density at radius 1 is 1.05 bits per heavy atom. The lowest BCUT2D eigenvalue weighted by Gasteiger charge is -2.32. The molecule has 0 aromatic heterocycles. The van der Waals surface area contributed by atoms with Crippen LogP contribution in [-0.2, 0) is 15.7 Å². The standard InChI is InChI=1S/C16H26BNO2.ClH/c1-15(2)16(3,4)20-17(19-15)14(18)12-8-11-13-9-6-5-7-10-13;/h5-7,9-10,14H,8,11-12,18H2,1-4H3;1H/t14-;/m1./s1. The summed E-state index contributed by atoms with van der Waals surface area (Å²) in [6.45, 7) is 8.24. The second kappa shape index (κ2) is 7.14. The van der Waals surface area contributed by atoms with Gasteiger partial charge in [-0.15, -0.1) is 12.4 Å². The molecule has 118 valence electrons. The third kappa shape index (κ3) is 4.46. The Balaban J connectivity index is 0.00000220. The van der Waals surface area contributed by atoms with Crippen LogP contribution >= 0.6 is 12.4 Å². The van der Waals surface area contributed by atoms with Crippen molar-refractivity contribution >= 4 is 19.5 Å². The van der Waals surface area contributed by atoms with Gasteiger partial charge in [0, 0.05) is 5.94 Å². The first-order valence-corrected chi connectivity index (χ1v) is 7.47. The van der Waals surface area contributed by atoms with E-state index in [2.05, 4.69) is 52.0 Å². The lowest BCUT2D eigenvalue weighted by atomic mass is 9.76. The van der Waals surface area contributed by atoms with Crippen molar-refractivity contribution in [1.29, 1.82) is 0 Å². The van der Waals surface area contributed by atoms with Gasteiger partial charge in [-0.3, -0.25) is 0 Å². The largest absolute Gasteiger partial charge is 0.475 e. The number of nitrogens with two attached hydrogens (primary N) is 1. The van der Waals surface area contributed by atoms with Gasteiger partial charge in [-0.05, 0) is 52.5 Å². The Labute approximate surface area is 135 Å². The van der Waals surface area contributed by atoms with E-state index in [9.17, 15) is 0 Å². The van der Waals surface area contributed by atoms with Crippen LogP contribution in [0.5, 0.6) is 0 Å². The summed E-state index contributed by atoms with van der Waals surface area (Å²) in [5.74, 6) is -0.0697. The normalized spacial score (nSPS) is 20.9. The first kappa shape index (κ1) is 18.5. The van der Waals surface area contributed by atoms with Gasteiger partial charge in [0.2, 0.25) is 0 Å². The van der Waals surface area contributed by atoms with Crippen molar-refractivity contribution in [3.8, 4) is 0 Å². The summed E-state index contributed by atoms with van der Waals surface area (Å²) >= 11 is 0. The monoisotopic (exact) mass is 311 g/mol. The van der Waals surface area contributed by atoms with E-state index in [0.717, 1.165) is 19.3 Å². The van der Waals surface area contributed by atoms with Crippen molar-refractivity contribution in [2.24, 2.45) is 5.73 Å². The fraction of sp³-hybridized carbons (Fsp3) is 0.625. The quantitative estimate of drug-likeness (QED) is 0.848. The molecule has 1 saturated heterocycles. The van der Waals surface area contributed by atoms with Crippen molar-refractivity contribution in [3.63, 3.8) is 0 Å². The summed E-state index contributed by atoms with van der Waals surface area (Å²) in [5, 5.41) is 0. The third-order valence-electron chi connectivity index (χ3n) is 4.47. The topological polar surface area (TPSA) is 44.5 Å². The second-order valence-electron chi connectivity index (χ2n) is 6.67. The van der Waals surface area contributed by atoms with Gasteiger partial charge < -0.3 is 15.0 Å². The van der Waals surface area contributed by atoms with Gasteiger partial charge in [0.1, 0.15) is 0 Å². The van der Waals surface area contributed by atoms with Gasteiger partial charge in [-0.2, -0.15) is 0 Å². The Morgan fingerprint density at radius 2 is 1.57 bits per heavy atom. The molecule has 0 saturated carbocycles. The average molecular weight is 312 g/mol. The molecule has 0 bridgehead atoms. The van der Waals surface area contributed by atoms with Crippen LogP contribution in [0.1, 0.15) is 46.1 Å². The predicted molar refractivity (Wildman–Crippen MR) is 90.7 cm³/mol. The Hall–Kier alpha value is -0.545. The van der Waals surface area contributed by atoms with Gasteiger partial charge in [0.25, 0.3) is 0 Å². The number of halogens is 1. The van der Waals surface area contributed by atoms with Crippen LogP contribution in [0.25, 0.3) is 0 Å². The zero-order valence-corrected chi connectivity index (χ0v) is 14.3. The van der Waals surface area contributed by atoms with Crippen molar-refractivity contribution in [3.05, 3.63) is 35.9 Å². The maximum absolute atomic E-state index is 6.24. The summed E-state index contributed by atoms with van der Waals surface area (Å²) in [4.78, 5) is 0. The number of rotatable bonds is 5. The number of hydrogen-bond acceptors (Lipinski definition) is 3. The lowest BCUT2D eigenvalue weighted by Crippen LogP contribution is -2.41. The minimum Gasteiger partial charge on any atom is -0.402 e. The number of aryl methyl sites for hydroxylation is 1. The van der Waals surface area contributed by atoms with E-state index in [1.165, 1.54) is 5.56 Å². The molecule has 1 heterocycles. The van der Waals surface area contributed by atoms with Crippen LogP contribution in [0.3, 0.4) is 0 Å². The van der Waals surface area contributed by atoms with Crippen LogP contribution in [0.4, 0.5) is 0 Å². The highest BCUT2D eigenvalue weighted by Crippen LogP contribution is 2.37. The van der Waals surface area contributed by atoms with Crippen LogP contribution < -0.4 is 5.73 Å². The molecule has 0 spiro atoms. The Bertz CT molecular complexity index is 423. The SMILES string of the molecule is CC1(C)OB([C@H](N)CCCc2ccccc2)OC1(C)C.Cl. The molecule has 0 aliphatic carbocycles. The van der Waals surface area contributed by atoms with E-state index >= 15 is 0 Å². The fourth-order valence-corrected chi connectivity index (χ4v) is 2.39. The molecular weight excluding hydrogens is 284 g/mol. The highest BCUT2D eigenvalue weighted by Gasteiger charge is 2.52. The molecule has 3 nitrogen and oxygen atoms in total. The van der Waals surface area contributed by atoms with E-state index in [4.69, 9.17) is 15.0 Å². The van der Waals surface area contributed by atoms with Crippen molar-refractivity contribution in [2.45, 2.75) is 64.1 Å². The van der Waals surface area contributed by atoms with E-state index in [1.54, 1.807) is 0 Å². The third-order valence-corrected chi connectivity index (χ3v) is 4.47. The van der Waals surface area contributed by atoms with Gasteiger partial charge >= 0.3 is 7.12 Å². The van der Waals surface area contributed by atoms with Gasteiger partial charge in [-0.1, -0.05) is 30.3 Å². The summed E-state index contributed by atoms with van der Waals surface area (Å²) < 4.78 is 12.0. The molecule has 0 unspecified atom stereocenters. The average Bonchev–Trinajstić information content (AvgIpc) is 2.60. The second-order valence-corrected chi connectivity index (χ2v) is 6.67. The molecule has 0 amide bonds. The summed E-state index contributed by atoms with van der Waals surface area (Å²) in [7, 11) is -0.296. The van der Waals surface area contributed by atoms with Gasteiger partial charge in [0.15, 0.2) is 0 Å². The molecule has 2 rings (SSSR count). The van der Waals surface area contributed by atoms with Gasteiger partial charge in [0.05, 0.1) is 11.2 Å². The molecule has 1 aliphatic rings. The minimum absolute atomic E-state index is 0. The van der Waals surface area contributed by atoms with Crippen molar-refractivity contribution < 1.29 is 9.31 Å². The highest BCUT2D eigenvalue weighted by atomic mass is 35.5. The summed E-state index contributed by atoms with van der Waals surface area (Å²) in [6, 6.07) is 10.5. The van der Waals surface area contributed by atoms with Crippen LogP contribution in [0.15, 0.2) is 30.3 Å². The zero-order valence-electron chi connectivity index (χ0n) is 13.5. The van der Waals surface area contributed by atoms with Crippen LogP contribution in [0.2, 0.25) is 0 Å². The van der Waals surface area contributed by atoms with E-state index in [1.807, 2.05) is 6.07 Å². The molecule has 1 aliphatic heterocycles. The van der Waals surface area contributed by atoms with Crippen molar-refractivity contribution in [1.82, 2.24) is 0 Å². The van der Waals surface area contributed by atoms with E-state index in [0.29, 0.717) is 0 Å². The number of hydrogen-bond donors (Lipinski definition) is 1. The molecular formula is C16H27BClNO2. The summed E-state index contributed by atoms with van der Waals surface area (Å²) in [6.07, 6.45) is 3.01. The highest BCUT2D eigenvalue weighted by molar-refractivity contribution is 6.47. The van der Waals surface area contributed by atoms with Crippen LogP contribution in [-0.4, -0.2) is 24.3 Å². The summed E-state index contributed by atoms with van der Waals surface area (Å²) in [5.41, 5.74) is 7.00. The lowest BCUT2D eigenvalue weighted by molar-refractivity contribution is 0.00578. The predicted octanol–water partition coefficient (Wildman–Crippen LogP) is 3.39. The Kier molecular flexibility index (Phi) is 6.29. The molecule has 1 fully saturated rings. The van der Waals surface area contributed by atoms with E-state index < -0.39 is 0 Å². The molecule has 1 aromatic carbocycles. The first-order valence-electron chi connectivity index (χ1n) is 7.47. The van der Waals surface area contributed by atoms with Crippen molar-refractivity contribution in [2.75, 3.05) is 0 Å². The smallest absolute Gasteiger partial charge is 0.402 e. The van der Waals surface area contributed by atoms with E-state index in [-0.39, 0.29) is 36.7 Å². The first-order chi connectivity index (χ1) is 9.32. The Morgan fingerprint density at radius 3 is 2.10 bits per heavy atom. The minimum atomic E-state index is -0.297. The maximum atomic E-state index is 6.24. The zero-order chi connectivity index (χ0) is 14.8. The molecule has 21 heavy (non-hydrogen) atoms. The molecule has 5 heteroatoms. The molecule has 1 atom stereocenters. The fourth-order valence-electron chi connectivity index (χ4n) is 2.39.